The van der Waals surface area contributed by atoms with Gasteiger partial charge in [-0.15, -0.1) is 34.2 Å². The Morgan fingerprint density at radius 2 is 1.93 bits per heavy atom. The van der Waals surface area contributed by atoms with Crippen molar-refractivity contribution in [3.63, 3.8) is 0 Å². The van der Waals surface area contributed by atoms with Gasteiger partial charge in [0, 0.05) is 39.5 Å². The molecule has 0 amide bonds. The Morgan fingerprint density at radius 3 is 2.68 bits per heavy atom. The van der Waals surface area contributed by atoms with Gasteiger partial charge < -0.3 is 15.2 Å². The van der Waals surface area contributed by atoms with Gasteiger partial charge >= 0.3 is 0 Å². The molecule has 8 heteroatoms. The number of guanidine groups is 1. The van der Waals surface area contributed by atoms with Crippen molar-refractivity contribution in [2.75, 3.05) is 20.1 Å². The lowest BCUT2D eigenvalue weighted by Gasteiger charge is -2.13. The molecule has 1 aliphatic heterocycles. The van der Waals surface area contributed by atoms with Crippen molar-refractivity contribution < 1.29 is 4.39 Å². The largest absolute Gasteiger partial charge is 0.356 e. The Morgan fingerprint density at radius 1 is 1.14 bits per heavy atom. The van der Waals surface area contributed by atoms with Crippen LogP contribution >= 0.6 is 24.0 Å². The number of fused-ring (bicyclic) bond motifs is 1. The minimum absolute atomic E-state index is 0. The Kier molecular flexibility index (Phi) is 9.14. The third kappa shape index (κ3) is 6.15. The molecule has 154 valence electrons. The van der Waals surface area contributed by atoms with Gasteiger partial charge in [0.25, 0.3) is 0 Å². The summed E-state index contributed by atoms with van der Waals surface area (Å²) in [5.41, 5.74) is 2.12. The minimum atomic E-state index is -0.187. The van der Waals surface area contributed by atoms with E-state index in [1.165, 1.54) is 25.3 Å². The van der Waals surface area contributed by atoms with Crippen molar-refractivity contribution in [3.05, 3.63) is 46.8 Å². The number of aromatic nitrogens is 3. The molecule has 0 atom stereocenters. The van der Waals surface area contributed by atoms with E-state index in [1.807, 2.05) is 13.0 Å². The van der Waals surface area contributed by atoms with Gasteiger partial charge in [0.15, 0.2) is 5.96 Å². The van der Waals surface area contributed by atoms with Crippen molar-refractivity contribution >= 4 is 29.9 Å². The fourth-order valence-electron chi connectivity index (χ4n) is 3.50. The van der Waals surface area contributed by atoms with Crippen LogP contribution in [0.2, 0.25) is 0 Å². The van der Waals surface area contributed by atoms with Crippen LogP contribution in [0.4, 0.5) is 4.39 Å². The first-order valence-electron chi connectivity index (χ1n) is 9.78. The van der Waals surface area contributed by atoms with Crippen molar-refractivity contribution in [2.24, 2.45) is 4.99 Å². The second-order valence-corrected chi connectivity index (χ2v) is 6.99. The number of halogens is 2. The number of nitrogens with one attached hydrogen (secondary N) is 2. The molecular formula is C20H30FIN6. The summed E-state index contributed by atoms with van der Waals surface area (Å²) in [6, 6.07) is 4.93. The molecule has 0 radical (unpaired) electrons. The van der Waals surface area contributed by atoms with E-state index in [9.17, 15) is 4.39 Å². The number of benzene rings is 1. The lowest BCUT2D eigenvalue weighted by atomic mass is 10.1. The Labute approximate surface area is 183 Å². The normalized spacial score (nSPS) is 14.0. The lowest BCUT2D eigenvalue weighted by Crippen LogP contribution is -2.39. The van der Waals surface area contributed by atoms with Crippen molar-refractivity contribution in [1.29, 1.82) is 0 Å². The number of hydrogen-bond acceptors (Lipinski definition) is 3. The van der Waals surface area contributed by atoms with Crippen LogP contribution in [0.1, 0.15) is 42.0 Å². The SMILES string of the molecule is CN=C(NCCc1ccc(F)cc1C)NCCc1nnc2n1CCCCC2.I. The molecule has 0 fully saturated rings. The zero-order chi connectivity index (χ0) is 19.1. The van der Waals surface area contributed by atoms with E-state index in [-0.39, 0.29) is 29.8 Å². The van der Waals surface area contributed by atoms with Crippen LogP contribution in [0.5, 0.6) is 0 Å². The van der Waals surface area contributed by atoms with Gasteiger partial charge in [-0.1, -0.05) is 12.5 Å². The first-order valence-corrected chi connectivity index (χ1v) is 9.78. The number of aryl methyl sites for hydroxylation is 2. The van der Waals surface area contributed by atoms with Crippen LogP contribution in [0.15, 0.2) is 23.2 Å². The molecule has 0 unspecified atom stereocenters. The fourth-order valence-corrected chi connectivity index (χ4v) is 3.50. The summed E-state index contributed by atoms with van der Waals surface area (Å²) in [4.78, 5) is 4.27. The average Bonchev–Trinajstić information content (AvgIpc) is 2.88. The lowest BCUT2D eigenvalue weighted by molar-refractivity contribution is 0.600. The molecule has 2 heterocycles. The summed E-state index contributed by atoms with van der Waals surface area (Å²) in [6.45, 7) is 4.47. The molecule has 28 heavy (non-hydrogen) atoms. The maximum absolute atomic E-state index is 13.2. The molecule has 2 N–H and O–H groups in total. The summed E-state index contributed by atoms with van der Waals surface area (Å²) < 4.78 is 15.5. The maximum Gasteiger partial charge on any atom is 0.191 e. The van der Waals surface area contributed by atoms with E-state index in [2.05, 4.69) is 30.4 Å². The molecule has 0 saturated carbocycles. The standard InChI is InChI=1S/C20H29FN6.HI/c1-15-14-17(21)8-7-16(15)9-11-23-20(22-2)24-12-10-19-26-25-18-6-4-3-5-13-27(18)19;/h7-8,14H,3-6,9-13H2,1-2H3,(H2,22,23,24);1H. The van der Waals surface area contributed by atoms with E-state index < -0.39 is 0 Å². The van der Waals surface area contributed by atoms with E-state index in [1.54, 1.807) is 13.1 Å². The number of nitrogens with zero attached hydrogens (tertiary/aromatic N) is 4. The van der Waals surface area contributed by atoms with Gasteiger partial charge in [0.1, 0.15) is 17.5 Å². The highest BCUT2D eigenvalue weighted by molar-refractivity contribution is 14.0. The molecule has 0 bridgehead atoms. The van der Waals surface area contributed by atoms with Gasteiger partial charge in [-0.05, 0) is 49.4 Å². The van der Waals surface area contributed by atoms with Crippen molar-refractivity contribution in [3.8, 4) is 0 Å². The smallest absolute Gasteiger partial charge is 0.191 e. The van der Waals surface area contributed by atoms with Gasteiger partial charge in [0.2, 0.25) is 0 Å². The third-order valence-corrected chi connectivity index (χ3v) is 5.04. The third-order valence-electron chi connectivity index (χ3n) is 5.04. The molecule has 2 aromatic rings. The Balaban J connectivity index is 0.00000280. The fraction of sp³-hybridized carbons (Fsp3) is 0.550. The van der Waals surface area contributed by atoms with Crippen LogP contribution in [0, 0.1) is 12.7 Å². The molecule has 1 aromatic carbocycles. The molecule has 0 saturated heterocycles. The summed E-state index contributed by atoms with van der Waals surface area (Å²) in [7, 11) is 1.77. The second kappa shape index (κ2) is 11.3. The summed E-state index contributed by atoms with van der Waals surface area (Å²) in [5, 5.41) is 15.4. The van der Waals surface area contributed by atoms with Gasteiger partial charge in [-0.25, -0.2) is 4.39 Å². The second-order valence-electron chi connectivity index (χ2n) is 6.99. The highest BCUT2D eigenvalue weighted by Gasteiger charge is 2.14. The molecule has 0 aliphatic carbocycles. The quantitative estimate of drug-likeness (QED) is 0.364. The average molecular weight is 500 g/mol. The number of hydrogen-bond donors (Lipinski definition) is 2. The topological polar surface area (TPSA) is 67.1 Å². The molecule has 3 rings (SSSR count). The number of rotatable bonds is 6. The molecule has 6 nitrogen and oxygen atoms in total. The van der Waals surface area contributed by atoms with Gasteiger partial charge in [0.05, 0.1) is 0 Å². The zero-order valence-corrected chi connectivity index (χ0v) is 19.0. The molecule has 1 aromatic heterocycles. The predicted octanol–water partition coefficient (Wildman–Crippen LogP) is 3.02. The van der Waals surface area contributed by atoms with Gasteiger partial charge in [-0.3, -0.25) is 4.99 Å². The maximum atomic E-state index is 13.2. The Bertz CT molecular complexity index is 789. The van der Waals surface area contributed by atoms with Crippen molar-refractivity contribution in [2.45, 2.75) is 52.0 Å². The first kappa shape index (κ1) is 22.6. The van der Waals surface area contributed by atoms with Crippen LogP contribution in [0.3, 0.4) is 0 Å². The summed E-state index contributed by atoms with van der Waals surface area (Å²) in [6.07, 6.45) is 6.37. The Hall–Kier alpha value is -1.71. The van der Waals surface area contributed by atoms with Crippen LogP contribution in [-0.2, 0) is 25.8 Å². The highest BCUT2D eigenvalue weighted by Crippen LogP contribution is 2.14. The molecule has 1 aliphatic rings. The van der Waals surface area contributed by atoms with Crippen LogP contribution in [-0.4, -0.2) is 40.9 Å². The zero-order valence-electron chi connectivity index (χ0n) is 16.7. The monoisotopic (exact) mass is 500 g/mol. The first-order chi connectivity index (χ1) is 13.2. The van der Waals surface area contributed by atoms with Gasteiger partial charge in [-0.2, -0.15) is 0 Å². The minimum Gasteiger partial charge on any atom is -0.356 e. The molecular weight excluding hydrogens is 470 g/mol. The summed E-state index contributed by atoms with van der Waals surface area (Å²) >= 11 is 0. The van der Waals surface area contributed by atoms with E-state index >= 15 is 0 Å². The predicted molar refractivity (Wildman–Crippen MR) is 121 cm³/mol. The number of aliphatic imine (C=N–C) groups is 1. The van der Waals surface area contributed by atoms with Crippen LogP contribution < -0.4 is 10.6 Å². The van der Waals surface area contributed by atoms with E-state index in [0.29, 0.717) is 0 Å². The molecule has 0 spiro atoms. The summed E-state index contributed by atoms with van der Waals surface area (Å²) in [5.74, 6) is 2.76. The van der Waals surface area contributed by atoms with Crippen LogP contribution in [0.25, 0.3) is 0 Å². The van der Waals surface area contributed by atoms with E-state index in [4.69, 9.17) is 0 Å². The van der Waals surface area contributed by atoms with E-state index in [0.717, 1.165) is 67.6 Å². The highest BCUT2D eigenvalue weighted by atomic mass is 127. The van der Waals surface area contributed by atoms with Crippen molar-refractivity contribution in [1.82, 2.24) is 25.4 Å².